The summed E-state index contributed by atoms with van der Waals surface area (Å²) >= 11 is 0. The Kier molecular flexibility index (Phi) is 5.49. The number of hydrogen-bond acceptors (Lipinski definition) is 6. The summed E-state index contributed by atoms with van der Waals surface area (Å²) in [6.07, 6.45) is 0. The largest absolute Gasteiger partial charge is 0.497 e. The van der Waals surface area contributed by atoms with Crippen LogP contribution in [-0.2, 0) is 9.59 Å². The van der Waals surface area contributed by atoms with E-state index in [0.717, 1.165) is 16.7 Å². The lowest BCUT2D eigenvalue weighted by atomic mass is 9.79. The van der Waals surface area contributed by atoms with E-state index in [1.54, 1.807) is 24.3 Å². The fraction of sp³-hybridized carbons (Fsp3) is 0.231. The highest BCUT2D eigenvalue weighted by atomic mass is 16.7. The molecule has 3 aromatic rings. The summed E-state index contributed by atoms with van der Waals surface area (Å²) in [4.78, 5) is 23.9. The van der Waals surface area contributed by atoms with Crippen LogP contribution in [0.5, 0.6) is 23.0 Å². The molecule has 5 rings (SSSR count). The van der Waals surface area contributed by atoms with Crippen LogP contribution in [-0.4, -0.2) is 42.7 Å². The number of hydrogen-bond donors (Lipinski definition) is 2. The van der Waals surface area contributed by atoms with Gasteiger partial charge in [0, 0.05) is 23.5 Å². The maximum atomic E-state index is 12.8. The average Bonchev–Trinajstić information content (AvgIpc) is 3.44. The van der Waals surface area contributed by atoms with E-state index in [1.807, 2.05) is 36.4 Å². The zero-order valence-corrected chi connectivity index (χ0v) is 18.3. The summed E-state index contributed by atoms with van der Waals surface area (Å²) in [5.74, 6) is -2.03. The molecule has 2 N–H and O–H groups in total. The number of carboxylic acids is 2. The maximum Gasteiger partial charge on any atom is 0.341 e. The fourth-order valence-corrected chi connectivity index (χ4v) is 4.96. The van der Waals surface area contributed by atoms with Crippen molar-refractivity contribution in [2.45, 2.75) is 11.8 Å². The van der Waals surface area contributed by atoms with Gasteiger partial charge in [0.15, 0.2) is 18.1 Å². The lowest BCUT2D eigenvalue weighted by Gasteiger charge is -2.24. The normalized spacial score (nSPS) is 20.0. The molecule has 0 fully saturated rings. The molecule has 0 amide bonds. The van der Waals surface area contributed by atoms with E-state index < -0.39 is 36.3 Å². The molecular weight excluding hydrogens is 440 g/mol. The fourth-order valence-electron chi connectivity index (χ4n) is 4.96. The van der Waals surface area contributed by atoms with Crippen LogP contribution in [0.4, 0.5) is 0 Å². The quantitative estimate of drug-likeness (QED) is 0.544. The molecule has 0 spiro atoms. The molecule has 0 unspecified atom stereocenters. The Bertz CT molecular complexity index is 1270. The first-order chi connectivity index (χ1) is 16.5. The number of rotatable bonds is 7. The molecule has 1 heterocycles. The number of aliphatic carboxylic acids is 2. The molecule has 0 saturated heterocycles. The van der Waals surface area contributed by atoms with Crippen LogP contribution >= 0.6 is 0 Å². The first-order valence-electron chi connectivity index (χ1n) is 10.7. The number of fused-ring (bicyclic) bond motifs is 2. The number of methoxy groups -OCH3 is 1. The van der Waals surface area contributed by atoms with Crippen molar-refractivity contribution in [2.75, 3.05) is 20.5 Å². The van der Waals surface area contributed by atoms with Crippen molar-refractivity contribution in [3.05, 3.63) is 82.9 Å². The van der Waals surface area contributed by atoms with Crippen LogP contribution in [0.2, 0.25) is 0 Å². The average molecular weight is 462 g/mol. The summed E-state index contributed by atoms with van der Waals surface area (Å²) in [5, 5.41) is 19.6. The highest BCUT2D eigenvalue weighted by Gasteiger charge is 2.47. The van der Waals surface area contributed by atoms with Gasteiger partial charge in [0.1, 0.15) is 11.5 Å². The van der Waals surface area contributed by atoms with E-state index in [0.29, 0.717) is 22.8 Å². The standard InChI is InChI=1S/C26H22O8/c1-31-15-7-8-18(20(11-15)32-12-22(27)28)24-17-5-3-2-4-16(17)23(25(24)26(29)30)14-6-9-19-21(10-14)34-13-33-19/h2-11,23-25H,12-13H2,1H3,(H,27,28)(H,29,30)/t23-,24+,25+/m1/s1. The second-order valence-corrected chi connectivity index (χ2v) is 8.15. The third-order valence-electron chi connectivity index (χ3n) is 6.33. The van der Waals surface area contributed by atoms with Gasteiger partial charge < -0.3 is 29.2 Å². The van der Waals surface area contributed by atoms with Gasteiger partial charge in [-0.15, -0.1) is 0 Å². The van der Waals surface area contributed by atoms with Crippen LogP contribution in [0.15, 0.2) is 60.7 Å². The van der Waals surface area contributed by atoms with Gasteiger partial charge >= 0.3 is 11.9 Å². The van der Waals surface area contributed by atoms with Crippen LogP contribution < -0.4 is 18.9 Å². The van der Waals surface area contributed by atoms with Crippen LogP contribution in [0.25, 0.3) is 0 Å². The Morgan fingerprint density at radius 2 is 1.65 bits per heavy atom. The zero-order chi connectivity index (χ0) is 23.8. The molecule has 34 heavy (non-hydrogen) atoms. The molecule has 174 valence electrons. The van der Waals surface area contributed by atoms with Gasteiger partial charge in [-0.3, -0.25) is 4.79 Å². The van der Waals surface area contributed by atoms with Gasteiger partial charge in [0.2, 0.25) is 6.79 Å². The van der Waals surface area contributed by atoms with Crippen molar-refractivity contribution < 1.29 is 38.7 Å². The van der Waals surface area contributed by atoms with Crippen molar-refractivity contribution in [3.8, 4) is 23.0 Å². The highest BCUT2D eigenvalue weighted by molar-refractivity contribution is 5.78. The van der Waals surface area contributed by atoms with Gasteiger partial charge in [0.05, 0.1) is 13.0 Å². The van der Waals surface area contributed by atoms with E-state index in [1.165, 1.54) is 7.11 Å². The SMILES string of the molecule is COc1ccc([C@@H]2c3ccccc3[C@@H](c3ccc4c(c3)OCO4)[C@@H]2C(=O)O)c(OCC(=O)O)c1. The minimum atomic E-state index is -1.13. The van der Waals surface area contributed by atoms with E-state index in [2.05, 4.69) is 0 Å². The molecule has 2 aliphatic rings. The first-order valence-corrected chi connectivity index (χ1v) is 10.7. The molecule has 1 aliphatic carbocycles. The van der Waals surface area contributed by atoms with Crippen molar-refractivity contribution in [2.24, 2.45) is 5.92 Å². The number of carbonyl (C=O) groups is 2. The van der Waals surface area contributed by atoms with Gasteiger partial charge in [0.25, 0.3) is 0 Å². The lowest BCUT2D eigenvalue weighted by molar-refractivity contribution is -0.142. The number of ether oxygens (including phenoxy) is 4. The first kappa shape index (κ1) is 21.6. The Morgan fingerprint density at radius 1 is 0.912 bits per heavy atom. The van der Waals surface area contributed by atoms with Gasteiger partial charge in [-0.25, -0.2) is 4.79 Å². The van der Waals surface area contributed by atoms with Crippen molar-refractivity contribution in [1.29, 1.82) is 0 Å². The van der Waals surface area contributed by atoms with Gasteiger partial charge in [-0.2, -0.15) is 0 Å². The monoisotopic (exact) mass is 462 g/mol. The van der Waals surface area contributed by atoms with Gasteiger partial charge in [-0.05, 0) is 34.9 Å². The summed E-state index contributed by atoms with van der Waals surface area (Å²) in [7, 11) is 1.50. The smallest absolute Gasteiger partial charge is 0.341 e. The van der Waals surface area contributed by atoms with Crippen LogP contribution in [0.1, 0.15) is 34.1 Å². The summed E-state index contributed by atoms with van der Waals surface area (Å²) < 4.78 is 21.8. The van der Waals surface area contributed by atoms with Gasteiger partial charge in [-0.1, -0.05) is 36.4 Å². The molecule has 0 bridgehead atoms. The molecule has 1 aliphatic heterocycles. The highest BCUT2D eigenvalue weighted by Crippen LogP contribution is 2.55. The second-order valence-electron chi connectivity index (χ2n) is 8.15. The molecule has 8 heteroatoms. The third kappa shape index (κ3) is 3.67. The molecule has 3 atom stereocenters. The Labute approximate surface area is 195 Å². The van der Waals surface area contributed by atoms with E-state index >= 15 is 0 Å². The van der Waals surface area contributed by atoms with Crippen molar-refractivity contribution in [3.63, 3.8) is 0 Å². The summed E-state index contributed by atoms with van der Waals surface area (Å²) in [5.41, 5.74) is 3.12. The minimum Gasteiger partial charge on any atom is -0.497 e. The predicted octanol–water partition coefficient (Wildman–Crippen LogP) is 3.87. The zero-order valence-electron chi connectivity index (χ0n) is 18.3. The maximum absolute atomic E-state index is 12.8. The molecule has 8 nitrogen and oxygen atoms in total. The Morgan fingerprint density at radius 3 is 2.35 bits per heavy atom. The van der Waals surface area contributed by atoms with Crippen molar-refractivity contribution >= 4 is 11.9 Å². The molecule has 0 saturated carbocycles. The Balaban J connectivity index is 1.66. The van der Waals surface area contributed by atoms with E-state index in [9.17, 15) is 14.7 Å². The molecule has 0 aromatic heterocycles. The number of benzene rings is 3. The minimum absolute atomic E-state index is 0.126. The van der Waals surface area contributed by atoms with Crippen LogP contribution in [0, 0.1) is 5.92 Å². The Hall–Kier alpha value is -4.20. The predicted molar refractivity (Wildman–Crippen MR) is 120 cm³/mol. The second kappa shape index (κ2) is 8.62. The third-order valence-corrected chi connectivity index (χ3v) is 6.33. The van der Waals surface area contributed by atoms with E-state index in [4.69, 9.17) is 24.1 Å². The van der Waals surface area contributed by atoms with Crippen LogP contribution in [0.3, 0.4) is 0 Å². The topological polar surface area (TPSA) is 112 Å². The van der Waals surface area contributed by atoms with E-state index in [-0.39, 0.29) is 12.5 Å². The lowest BCUT2D eigenvalue weighted by Crippen LogP contribution is -2.24. The van der Waals surface area contributed by atoms with Crippen molar-refractivity contribution in [1.82, 2.24) is 0 Å². The molecular formula is C26H22O8. The molecule has 0 radical (unpaired) electrons. The molecule has 3 aromatic carbocycles. The summed E-state index contributed by atoms with van der Waals surface area (Å²) in [6.45, 7) is -0.432. The summed E-state index contributed by atoms with van der Waals surface area (Å²) in [6, 6.07) is 18.1. The number of carboxylic acid groups (broad SMARTS) is 2.